The fourth-order valence-electron chi connectivity index (χ4n) is 3.39. The van der Waals surface area contributed by atoms with Crippen LogP contribution in [0.1, 0.15) is 44.6 Å². The largest absolute Gasteiger partial charge is 0.271 e. The number of nitrogens with two attached hydrogens (primary N) is 1. The molecule has 2 rings (SSSR count). The third-order valence-corrected chi connectivity index (χ3v) is 5.80. The van der Waals surface area contributed by atoms with Crippen molar-refractivity contribution in [2.75, 3.05) is 5.75 Å². The highest BCUT2D eigenvalue weighted by Crippen LogP contribution is 2.35. The molecule has 1 aliphatic carbocycles. The molecule has 0 radical (unpaired) electrons. The summed E-state index contributed by atoms with van der Waals surface area (Å²) in [6, 6.07) is 9.23. The molecule has 0 aromatic heterocycles. The zero-order valence-electron chi connectivity index (χ0n) is 12.8. The number of hydrazine groups is 1. The molecule has 1 aromatic rings. The van der Waals surface area contributed by atoms with Crippen molar-refractivity contribution in [2.45, 2.75) is 56.9 Å². The van der Waals surface area contributed by atoms with Crippen LogP contribution in [0.4, 0.5) is 0 Å². The number of hydrogen-bond donors (Lipinski definition) is 2. The lowest BCUT2D eigenvalue weighted by atomic mass is 9.74. The Kier molecular flexibility index (Phi) is 6.40. The summed E-state index contributed by atoms with van der Waals surface area (Å²) in [5.74, 6) is 8.51. The van der Waals surface area contributed by atoms with Crippen LogP contribution in [0.5, 0.6) is 0 Å². The van der Waals surface area contributed by atoms with Crippen LogP contribution >= 0.6 is 11.8 Å². The summed E-state index contributed by atoms with van der Waals surface area (Å²) in [7, 11) is 0. The van der Waals surface area contributed by atoms with Crippen molar-refractivity contribution < 1.29 is 0 Å². The zero-order chi connectivity index (χ0) is 14.4. The van der Waals surface area contributed by atoms with E-state index in [0.29, 0.717) is 6.04 Å². The maximum absolute atomic E-state index is 5.85. The molecule has 1 fully saturated rings. The van der Waals surface area contributed by atoms with Crippen LogP contribution in [0, 0.1) is 18.8 Å². The van der Waals surface area contributed by atoms with Crippen LogP contribution in [0.15, 0.2) is 29.2 Å². The molecule has 20 heavy (non-hydrogen) atoms. The molecular formula is C17H28N2S. The highest BCUT2D eigenvalue weighted by molar-refractivity contribution is 7.99. The smallest absolute Gasteiger partial charge is 0.0335 e. The Morgan fingerprint density at radius 3 is 2.60 bits per heavy atom. The fourth-order valence-corrected chi connectivity index (χ4v) is 4.43. The van der Waals surface area contributed by atoms with Crippen molar-refractivity contribution in [2.24, 2.45) is 17.7 Å². The maximum atomic E-state index is 5.85. The lowest BCUT2D eigenvalue weighted by Gasteiger charge is -2.36. The SMILES string of the molecule is CCC1CCCCC1C(CSc1ccc(C)cc1)NN. The molecule has 0 aliphatic heterocycles. The van der Waals surface area contributed by atoms with Crippen LogP contribution in [-0.4, -0.2) is 11.8 Å². The first-order valence-corrected chi connectivity index (χ1v) is 8.88. The van der Waals surface area contributed by atoms with Gasteiger partial charge in [0.1, 0.15) is 0 Å². The summed E-state index contributed by atoms with van der Waals surface area (Å²) in [6.07, 6.45) is 6.78. The van der Waals surface area contributed by atoms with Gasteiger partial charge in [-0.1, -0.05) is 50.3 Å². The first-order chi connectivity index (χ1) is 9.74. The second kappa shape index (κ2) is 8.06. The maximum Gasteiger partial charge on any atom is 0.0335 e. The number of hydrogen-bond acceptors (Lipinski definition) is 3. The number of aryl methyl sites for hydroxylation is 1. The van der Waals surface area contributed by atoms with Gasteiger partial charge < -0.3 is 0 Å². The van der Waals surface area contributed by atoms with E-state index in [1.807, 2.05) is 11.8 Å². The van der Waals surface area contributed by atoms with Crippen molar-refractivity contribution in [3.63, 3.8) is 0 Å². The Labute approximate surface area is 127 Å². The Morgan fingerprint density at radius 1 is 1.25 bits per heavy atom. The molecular weight excluding hydrogens is 264 g/mol. The third-order valence-electron chi connectivity index (χ3n) is 4.67. The van der Waals surface area contributed by atoms with Crippen molar-refractivity contribution in [1.29, 1.82) is 0 Å². The van der Waals surface area contributed by atoms with Crippen LogP contribution in [-0.2, 0) is 0 Å². The topological polar surface area (TPSA) is 38.0 Å². The molecule has 3 atom stereocenters. The van der Waals surface area contributed by atoms with Crippen LogP contribution in [0.3, 0.4) is 0 Å². The van der Waals surface area contributed by atoms with Crippen LogP contribution in [0.2, 0.25) is 0 Å². The Morgan fingerprint density at radius 2 is 1.95 bits per heavy atom. The second-order valence-electron chi connectivity index (χ2n) is 6.01. The van der Waals surface area contributed by atoms with Crippen molar-refractivity contribution in [3.8, 4) is 0 Å². The van der Waals surface area contributed by atoms with E-state index in [1.165, 1.54) is 42.6 Å². The van der Waals surface area contributed by atoms with Gasteiger partial charge in [0.15, 0.2) is 0 Å². The van der Waals surface area contributed by atoms with Gasteiger partial charge in [0.25, 0.3) is 0 Å². The number of benzene rings is 1. The summed E-state index contributed by atoms with van der Waals surface area (Å²) >= 11 is 1.93. The molecule has 112 valence electrons. The van der Waals surface area contributed by atoms with Gasteiger partial charge in [-0.15, -0.1) is 11.8 Å². The average molecular weight is 292 g/mol. The van der Waals surface area contributed by atoms with E-state index in [1.54, 1.807) is 0 Å². The normalized spacial score (nSPS) is 24.6. The first kappa shape index (κ1) is 15.9. The molecule has 0 spiro atoms. The number of rotatable bonds is 6. The molecule has 0 heterocycles. The monoisotopic (exact) mass is 292 g/mol. The molecule has 0 saturated heterocycles. The zero-order valence-corrected chi connectivity index (χ0v) is 13.6. The van der Waals surface area contributed by atoms with Gasteiger partial charge in [-0.25, -0.2) is 0 Å². The van der Waals surface area contributed by atoms with Gasteiger partial charge >= 0.3 is 0 Å². The minimum absolute atomic E-state index is 0.437. The fraction of sp³-hybridized carbons (Fsp3) is 0.647. The molecule has 1 aromatic carbocycles. The number of nitrogens with one attached hydrogen (secondary N) is 1. The molecule has 3 heteroatoms. The predicted molar refractivity (Wildman–Crippen MR) is 88.8 cm³/mol. The second-order valence-corrected chi connectivity index (χ2v) is 7.11. The minimum atomic E-state index is 0.437. The lowest BCUT2D eigenvalue weighted by Crippen LogP contribution is -2.46. The van der Waals surface area contributed by atoms with E-state index >= 15 is 0 Å². The molecule has 3 N–H and O–H groups in total. The van der Waals surface area contributed by atoms with E-state index in [2.05, 4.69) is 43.5 Å². The van der Waals surface area contributed by atoms with Crippen LogP contribution < -0.4 is 11.3 Å². The summed E-state index contributed by atoms with van der Waals surface area (Å²) < 4.78 is 0. The van der Waals surface area contributed by atoms with E-state index in [-0.39, 0.29) is 0 Å². The Bertz CT molecular complexity index is 390. The summed E-state index contributed by atoms with van der Waals surface area (Å²) in [5, 5.41) is 0. The lowest BCUT2D eigenvalue weighted by molar-refractivity contribution is 0.186. The molecule has 1 aliphatic rings. The van der Waals surface area contributed by atoms with Crippen molar-refractivity contribution in [3.05, 3.63) is 29.8 Å². The van der Waals surface area contributed by atoms with E-state index in [0.717, 1.165) is 17.6 Å². The van der Waals surface area contributed by atoms with Gasteiger partial charge in [-0.2, -0.15) is 0 Å². The molecule has 0 bridgehead atoms. The summed E-state index contributed by atoms with van der Waals surface area (Å²) in [6.45, 7) is 4.45. The summed E-state index contributed by atoms with van der Waals surface area (Å²) in [4.78, 5) is 1.35. The van der Waals surface area contributed by atoms with E-state index in [4.69, 9.17) is 5.84 Å². The Balaban J connectivity index is 1.92. The molecule has 0 amide bonds. The molecule has 2 nitrogen and oxygen atoms in total. The van der Waals surface area contributed by atoms with Gasteiger partial charge in [0.05, 0.1) is 0 Å². The highest BCUT2D eigenvalue weighted by atomic mass is 32.2. The molecule has 3 unspecified atom stereocenters. The summed E-state index contributed by atoms with van der Waals surface area (Å²) in [5.41, 5.74) is 4.42. The van der Waals surface area contributed by atoms with Gasteiger partial charge in [0.2, 0.25) is 0 Å². The predicted octanol–water partition coefficient (Wildman–Crippen LogP) is 4.14. The Hall–Kier alpha value is -0.510. The van der Waals surface area contributed by atoms with E-state index in [9.17, 15) is 0 Å². The quantitative estimate of drug-likeness (QED) is 0.470. The first-order valence-electron chi connectivity index (χ1n) is 7.90. The van der Waals surface area contributed by atoms with E-state index < -0.39 is 0 Å². The van der Waals surface area contributed by atoms with Gasteiger partial charge in [-0.3, -0.25) is 11.3 Å². The number of thioether (sulfide) groups is 1. The standard InChI is InChI=1S/C17H28N2S/c1-3-14-6-4-5-7-16(14)17(19-18)12-20-15-10-8-13(2)9-11-15/h8-11,14,16-17,19H,3-7,12,18H2,1-2H3. The third kappa shape index (κ3) is 4.24. The van der Waals surface area contributed by atoms with Gasteiger partial charge in [0, 0.05) is 16.7 Å². The van der Waals surface area contributed by atoms with Crippen molar-refractivity contribution >= 4 is 11.8 Å². The van der Waals surface area contributed by atoms with Crippen molar-refractivity contribution in [1.82, 2.24) is 5.43 Å². The van der Waals surface area contributed by atoms with Crippen LogP contribution in [0.25, 0.3) is 0 Å². The minimum Gasteiger partial charge on any atom is -0.271 e. The van der Waals surface area contributed by atoms with Gasteiger partial charge in [-0.05, 0) is 37.3 Å². The average Bonchev–Trinajstić information content (AvgIpc) is 2.50. The molecule has 1 saturated carbocycles. The highest BCUT2D eigenvalue weighted by Gasteiger charge is 2.30.